The van der Waals surface area contributed by atoms with Gasteiger partial charge >= 0.3 is 6.03 Å². The first-order chi connectivity index (χ1) is 12.3. The molecule has 2 aliphatic rings. The van der Waals surface area contributed by atoms with Crippen LogP contribution in [0.2, 0.25) is 0 Å². The second kappa shape index (κ2) is 7.60. The van der Waals surface area contributed by atoms with E-state index in [1.807, 2.05) is 6.07 Å². The Morgan fingerprint density at radius 3 is 2.40 bits per heavy atom. The molecule has 1 saturated carbocycles. The van der Waals surface area contributed by atoms with E-state index in [1.165, 1.54) is 24.0 Å². The number of carbonyl (C=O) groups is 1. The Kier molecular flexibility index (Phi) is 5.06. The van der Waals surface area contributed by atoms with Gasteiger partial charge in [0.05, 0.1) is 10.2 Å². The first kappa shape index (κ1) is 16.6. The molecule has 1 aliphatic carbocycles. The second-order valence-electron chi connectivity index (χ2n) is 7.18. The standard InChI is InChI=1S/C19H26N4OS/c24-18(20-14-6-2-1-3-7-14)21-15-10-12-23(13-11-15)19-22-16-8-4-5-9-17(16)25-19/h4-5,8-9,14-15H,1-3,6-7,10-13H2,(H2,20,21,24). The van der Waals surface area contributed by atoms with Crippen molar-refractivity contribution in [2.45, 2.75) is 57.0 Å². The van der Waals surface area contributed by atoms with Crippen LogP contribution in [0.1, 0.15) is 44.9 Å². The minimum absolute atomic E-state index is 0.0188. The van der Waals surface area contributed by atoms with Crippen LogP contribution in [0.15, 0.2) is 24.3 Å². The lowest BCUT2D eigenvalue weighted by Crippen LogP contribution is -2.50. The number of rotatable bonds is 3. The van der Waals surface area contributed by atoms with Crippen LogP contribution in [-0.2, 0) is 0 Å². The molecule has 0 atom stereocenters. The maximum atomic E-state index is 12.2. The van der Waals surface area contributed by atoms with Crippen LogP contribution in [0.25, 0.3) is 10.2 Å². The Bertz CT molecular complexity index is 684. The maximum absolute atomic E-state index is 12.2. The van der Waals surface area contributed by atoms with Crippen molar-refractivity contribution in [2.24, 2.45) is 0 Å². The molecule has 2 heterocycles. The summed E-state index contributed by atoms with van der Waals surface area (Å²) in [5, 5.41) is 7.43. The van der Waals surface area contributed by atoms with E-state index in [9.17, 15) is 4.79 Å². The molecule has 1 aromatic heterocycles. The Morgan fingerprint density at radius 1 is 1.00 bits per heavy atom. The number of para-hydroxylation sites is 1. The van der Waals surface area contributed by atoms with Gasteiger partial charge in [0.1, 0.15) is 0 Å². The molecule has 134 valence electrons. The van der Waals surface area contributed by atoms with Crippen LogP contribution in [0.3, 0.4) is 0 Å². The van der Waals surface area contributed by atoms with Gasteiger partial charge in [-0.1, -0.05) is 42.7 Å². The molecule has 0 unspecified atom stereocenters. The smallest absolute Gasteiger partial charge is 0.315 e. The molecule has 2 fully saturated rings. The van der Waals surface area contributed by atoms with Gasteiger partial charge in [0.2, 0.25) is 0 Å². The highest BCUT2D eigenvalue weighted by atomic mass is 32.1. The normalized spacial score (nSPS) is 19.9. The van der Waals surface area contributed by atoms with Crippen molar-refractivity contribution < 1.29 is 4.79 Å². The van der Waals surface area contributed by atoms with Gasteiger partial charge in [-0.25, -0.2) is 9.78 Å². The quantitative estimate of drug-likeness (QED) is 0.875. The molecule has 0 spiro atoms. The number of hydrogen-bond acceptors (Lipinski definition) is 4. The summed E-state index contributed by atoms with van der Waals surface area (Å²) in [7, 11) is 0. The number of nitrogens with zero attached hydrogens (tertiary/aromatic N) is 2. The number of amides is 2. The van der Waals surface area contributed by atoms with Crippen LogP contribution < -0.4 is 15.5 Å². The average Bonchev–Trinajstić information content (AvgIpc) is 3.07. The van der Waals surface area contributed by atoms with Gasteiger partial charge in [-0.2, -0.15) is 0 Å². The number of thiazole rings is 1. The Balaban J connectivity index is 1.27. The fraction of sp³-hybridized carbons (Fsp3) is 0.579. The van der Waals surface area contributed by atoms with Gasteiger partial charge in [0, 0.05) is 25.2 Å². The molecule has 0 bridgehead atoms. The summed E-state index contributed by atoms with van der Waals surface area (Å²) in [6.45, 7) is 1.91. The van der Waals surface area contributed by atoms with Gasteiger partial charge in [0.15, 0.2) is 5.13 Å². The van der Waals surface area contributed by atoms with Gasteiger partial charge in [-0.3, -0.25) is 0 Å². The molecule has 1 saturated heterocycles. The number of urea groups is 1. The molecule has 1 aliphatic heterocycles. The van der Waals surface area contributed by atoms with Crippen LogP contribution in [-0.4, -0.2) is 36.2 Å². The largest absolute Gasteiger partial charge is 0.348 e. The number of hydrogen-bond donors (Lipinski definition) is 2. The second-order valence-corrected chi connectivity index (χ2v) is 8.19. The SMILES string of the molecule is O=C(NC1CCCCC1)NC1CCN(c2nc3ccccc3s2)CC1. The lowest BCUT2D eigenvalue weighted by atomic mass is 9.96. The molecule has 1 aromatic carbocycles. The number of fused-ring (bicyclic) bond motifs is 1. The summed E-state index contributed by atoms with van der Waals surface area (Å²) >= 11 is 1.76. The zero-order valence-electron chi connectivity index (χ0n) is 14.5. The molecule has 2 aromatic rings. The maximum Gasteiger partial charge on any atom is 0.315 e. The third-order valence-electron chi connectivity index (χ3n) is 5.32. The molecule has 2 amide bonds. The topological polar surface area (TPSA) is 57.3 Å². The predicted molar refractivity (Wildman–Crippen MR) is 103 cm³/mol. The van der Waals surface area contributed by atoms with E-state index in [0.717, 1.165) is 49.4 Å². The van der Waals surface area contributed by atoms with Gasteiger partial charge in [0.25, 0.3) is 0 Å². The highest BCUT2D eigenvalue weighted by Gasteiger charge is 2.24. The number of piperidine rings is 1. The minimum Gasteiger partial charge on any atom is -0.348 e. The summed E-state index contributed by atoms with van der Waals surface area (Å²) in [6, 6.07) is 8.95. The third kappa shape index (κ3) is 4.06. The first-order valence-electron chi connectivity index (χ1n) is 9.45. The number of carbonyl (C=O) groups excluding carboxylic acids is 1. The molecular formula is C19H26N4OS. The zero-order valence-corrected chi connectivity index (χ0v) is 15.4. The Labute approximate surface area is 152 Å². The van der Waals surface area contributed by atoms with E-state index in [4.69, 9.17) is 4.98 Å². The molecular weight excluding hydrogens is 332 g/mol. The summed E-state index contributed by atoms with van der Waals surface area (Å²) in [6.07, 6.45) is 8.01. The van der Waals surface area contributed by atoms with Crippen molar-refractivity contribution >= 4 is 32.7 Å². The molecule has 0 radical (unpaired) electrons. The van der Waals surface area contributed by atoms with E-state index >= 15 is 0 Å². The summed E-state index contributed by atoms with van der Waals surface area (Å²) in [5.74, 6) is 0. The Morgan fingerprint density at radius 2 is 1.68 bits per heavy atom. The van der Waals surface area contributed by atoms with Crippen LogP contribution in [0, 0.1) is 0 Å². The number of aromatic nitrogens is 1. The molecule has 4 rings (SSSR count). The predicted octanol–water partition coefficient (Wildman–Crippen LogP) is 3.90. The lowest BCUT2D eigenvalue weighted by Gasteiger charge is -2.32. The van der Waals surface area contributed by atoms with Crippen LogP contribution >= 0.6 is 11.3 Å². The summed E-state index contributed by atoms with van der Waals surface area (Å²) in [4.78, 5) is 19.3. The van der Waals surface area contributed by atoms with Crippen molar-refractivity contribution in [1.29, 1.82) is 0 Å². The first-order valence-corrected chi connectivity index (χ1v) is 10.3. The zero-order chi connectivity index (χ0) is 17.1. The van der Waals surface area contributed by atoms with Crippen molar-refractivity contribution in [1.82, 2.24) is 15.6 Å². The van der Waals surface area contributed by atoms with Crippen LogP contribution in [0.4, 0.5) is 9.93 Å². The number of nitrogens with one attached hydrogen (secondary N) is 2. The lowest BCUT2D eigenvalue weighted by molar-refractivity contribution is 0.226. The third-order valence-corrected chi connectivity index (χ3v) is 6.42. The van der Waals surface area contributed by atoms with E-state index in [0.29, 0.717) is 6.04 Å². The van der Waals surface area contributed by atoms with E-state index < -0.39 is 0 Å². The fourth-order valence-electron chi connectivity index (χ4n) is 3.87. The van der Waals surface area contributed by atoms with Crippen molar-refractivity contribution in [2.75, 3.05) is 18.0 Å². The highest BCUT2D eigenvalue weighted by molar-refractivity contribution is 7.22. The average molecular weight is 359 g/mol. The van der Waals surface area contributed by atoms with E-state index in [1.54, 1.807) is 11.3 Å². The van der Waals surface area contributed by atoms with Gasteiger partial charge in [-0.15, -0.1) is 0 Å². The van der Waals surface area contributed by atoms with E-state index in [2.05, 4.69) is 33.7 Å². The van der Waals surface area contributed by atoms with Gasteiger partial charge in [-0.05, 0) is 37.8 Å². The van der Waals surface area contributed by atoms with Gasteiger partial charge < -0.3 is 15.5 Å². The van der Waals surface area contributed by atoms with Crippen LogP contribution in [0.5, 0.6) is 0 Å². The minimum atomic E-state index is 0.0188. The van der Waals surface area contributed by atoms with Crippen molar-refractivity contribution in [3.63, 3.8) is 0 Å². The summed E-state index contributed by atoms with van der Waals surface area (Å²) in [5.41, 5.74) is 1.08. The summed E-state index contributed by atoms with van der Waals surface area (Å²) < 4.78 is 1.24. The monoisotopic (exact) mass is 358 g/mol. The number of benzene rings is 1. The Hall–Kier alpha value is -1.82. The molecule has 5 nitrogen and oxygen atoms in total. The van der Waals surface area contributed by atoms with E-state index in [-0.39, 0.29) is 12.1 Å². The van der Waals surface area contributed by atoms with Crippen molar-refractivity contribution in [3.8, 4) is 0 Å². The molecule has 25 heavy (non-hydrogen) atoms. The molecule has 6 heteroatoms. The highest BCUT2D eigenvalue weighted by Crippen LogP contribution is 2.30. The fourth-order valence-corrected chi connectivity index (χ4v) is 4.89. The molecule has 2 N–H and O–H groups in total. The van der Waals surface area contributed by atoms with Crippen molar-refractivity contribution in [3.05, 3.63) is 24.3 Å². The number of anilines is 1.